The first-order valence-electron chi connectivity index (χ1n) is 7.24. The highest BCUT2D eigenvalue weighted by atomic mass is 35.5. The van der Waals surface area contributed by atoms with Crippen LogP contribution in [-0.2, 0) is 6.54 Å². The van der Waals surface area contributed by atoms with E-state index in [9.17, 15) is 0 Å². The normalized spacial score (nSPS) is 22.8. The smallest absolute Gasteiger partial charge is 0.0834 e. The van der Waals surface area contributed by atoms with Gasteiger partial charge in [0.05, 0.1) is 23.0 Å². The van der Waals surface area contributed by atoms with Crippen LogP contribution in [0.25, 0.3) is 0 Å². The van der Waals surface area contributed by atoms with E-state index in [1.165, 1.54) is 5.56 Å². The summed E-state index contributed by atoms with van der Waals surface area (Å²) in [6.45, 7) is 3.01. The van der Waals surface area contributed by atoms with Crippen molar-refractivity contribution in [1.82, 2.24) is 9.78 Å². The molecule has 20 heavy (non-hydrogen) atoms. The van der Waals surface area contributed by atoms with Crippen LogP contribution < -0.4 is 5.73 Å². The molecule has 1 aliphatic carbocycles. The highest BCUT2D eigenvalue weighted by Crippen LogP contribution is 2.53. The zero-order chi connectivity index (χ0) is 14.1. The summed E-state index contributed by atoms with van der Waals surface area (Å²) in [5, 5.41) is 5.04. The van der Waals surface area contributed by atoms with Gasteiger partial charge in [0, 0.05) is 6.54 Å². The van der Waals surface area contributed by atoms with Crippen LogP contribution in [0.1, 0.15) is 43.0 Å². The van der Waals surface area contributed by atoms with Gasteiger partial charge in [0.15, 0.2) is 0 Å². The Labute approximate surface area is 124 Å². The summed E-state index contributed by atoms with van der Waals surface area (Å²) in [4.78, 5) is 0. The molecule has 1 heterocycles. The van der Waals surface area contributed by atoms with Crippen molar-refractivity contribution in [3.8, 4) is 0 Å². The monoisotopic (exact) mass is 289 g/mol. The largest absolute Gasteiger partial charge is 0.322 e. The molecule has 3 unspecified atom stereocenters. The van der Waals surface area contributed by atoms with Gasteiger partial charge < -0.3 is 5.73 Å². The lowest BCUT2D eigenvalue weighted by molar-refractivity contribution is 0.508. The van der Waals surface area contributed by atoms with Crippen LogP contribution in [0.5, 0.6) is 0 Å². The SMILES string of the molecule is CCCn1ncc(Cl)c1C(N)C1CC1c1ccccc1. The van der Waals surface area contributed by atoms with Crippen LogP contribution in [0.2, 0.25) is 5.02 Å². The number of aryl methyl sites for hydroxylation is 1. The molecule has 0 amide bonds. The summed E-state index contributed by atoms with van der Waals surface area (Å²) in [5.74, 6) is 1.04. The lowest BCUT2D eigenvalue weighted by Gasteiger charge is -2.15. The second-order valence-electron chi connectivity index (χ2n) is 5.54. The lowest BCUT2D eigenvalue weighted by Crippen LogP contribution is -2.19. The predicted molar refractivity (Wildman–Crippen MR) is 81.7 cm³/mol. The third-order valence-corrected chi connectivity index (χ3v) is 4.40. The van der Waals surface area contributed by atoms with Crippen molar-refractivity contribution in [3.63, 3.8) is 0 Å². The van der Waals surface area contributed by atoms with Crippen molar-refractivity contribution in [1.29, 1.82) is 0 Å². The fourth-order valence-electron chi connectivity index (χ4n) is 2.99. The molecule has 0 bridgehead atoms. The fourth-order valence-corrected chi connectivity index (χ4v) is 3.26. The predicted octanol–water partition coefficient (Wildman–Crippen LogP) is 3.75. The molecular weight excluding hydrogens is 270 g/mol. The van der Waals surface area contributed by atoms with Crippen LogP contribution in [0.15, 0.2) is 36.5 Å². The Morgan fingerprint density at radius 1 is 1.40 bits per heavy atom. The highest BCUT2D eigenvalue weighted by Gasteiger charge is 2.44. The molecule has 0 radical (unpaired) electrons. The number of rotatable bonds is 5. The van der Waals surface area contributed by atoms with Crippen LogP contribution >= 0.6 is 11.6 Å². The van der Waals surface area contributed by atoms with Crippen molar-refractivity contribution >= 4 is 11.6 Å². The van der Waals surface area contributed by atoms with Crippen LogP contribution in [-0.4, -0.2) is 9.78 Å². The van der Waals surface area contributed by atoms with Gasteiger partial charge in [-0.05, 0) is 30.2 Å². The minimum absolute atomic E-state index is 0.0262. The Morgan fingerprint density at radius 2 is 2.15 bits per heavy atom. The maximum absolute atomic E-state index is 6.46. The van der Waals surface area contributed by atoms with Gasteiger partial charge in [-0.2, -0.15) is 5.10 Å². The molecule has 0 spiro atoms. The Morgan fingerprint density at radius 3 is 2.85 bits per heavy atom. The standard InChI is InChI=1S/C16H20ClN3/c1-2-8-20-16(14(17)10-19-20)15(18)13-9-12(13)11-6-4-3-5-7-11/h3-7,10,12-13,15H,2,8-9,18H2,1H3. The Hall–Kier alpha value is -1.32. The van der Waals surface area contributed by atoms with Gasteiger partial charge >= 0.3 is 0 Å². The van der Waals surface area contributed by atoms with Crippen molar-refractivity contribution in [2.45, 2.75) is 38.3 Å². The summed E-state index contributed by atoms with van der Waals surface area (Å²) < 4.78 is 1.97. The molecule has 106 valence electrons. The molecule has 1 saturated carbocycles. The Balaban J connectivity index is 1.78. The maximum Gasteiger partial charge on any atom is 0.0834 e. The number of aromatic nitrogens is 2. The maximum atomic E-state index is 6.46. The molecular formula is C16H20ClN3. The number of hydrogen-bond donors (Lipinski definition) is 1. The molecule has 2 N–H and O–H groups in total. The van der Waals surface area contributed by atoms with E-state index in [-0.39, 0.29) is 6.04 Å². The van der Waals surface area contributed by atoms with Crippen LogP contribution in [0.3, 0.4) is 0 Å². The van der Waals surface area contributed by atoms with Crippen molar-refractivity contribution in [3.05, 3.63) is 52.8 Å². The molecule has 3 atom stereocenters. The zero-order valence-corrected chi connectivity index (χ0v) is 12.4. The highest BCUT2D eigenvalue weighted by molar-refractivity contribution is 6.31. The minimum atomic E-state index is -0.0262. The van der Waals surface area contributed by atoms with Gasteiger partial charge in [0.1, 0.15) is 0 Å². The van der Waals surface area contributed by atoms with Gasteiger partial charge in [-0.25, -0.2) is 0 Å². The number of nitrogens with zero attached hydrogens (tertiary/aromatic N) is 2. The minimum Gasteiger partial charge on any atom is -0.322 e. The molecule has 1 aliphatic rings. The first-order chi connectivity index (χ1) is 9.72. The Kier molecular flexibility index (Phi) is 3.81. The molecule has 3 rings (SSSR count). The van der Waals surface area contributed by atoms with Crippen molar-refractivity contribution in [2.75, 3.05) is 0 Å². The van der Waals surface area contributed by atoms with Gasteiger partial charge in [0.2, 0.25) is 0 Å². The van der Waals surface area contributed by atoms with Crippen LogP contribution in [0.4, 0.5) is 0 Å². The van der Waals surface area contributed by atoms with Gasteiger partial charge in [0.25, 0.3) is 0 Å². The topological polar surface area (TPSA) is 43.8 Å². The van der Waals surface area contributed by atoms with E-state index in [1.807, 2.05) is 10.7 Å². The second-order valence-corrected chi connectivity index (χ2v) is 5.95. The van der Waals surface area contributed by atoms with E-state index < -0.39 is 0 Å². The fraction of sp³-hybridized carbons (Fsp3) is 0.438. The molecule has 2 aromatic rings. The van der Waals surface area contributed by atoms with Gasteiger partial charge in [-0.15, -0.1) is 0 Å². The van der Waals surface area contributed by atoms with E-state index >= 15 is 0 Å². The molecule has 1 aromatic carbocycles. The first-order valence-corrected chi connectivity index (χ1v) is 7.62. The van der Waals surface area contributed by atoms with Crippen molar-refractivity contribution in [2.24, 2.45) is 11.7 Å². The molecule has 4 heteroatoms. The second kappa shape index (κ2) is 5.58. The van der Waals surface area contributed by atoms with Crippen LogP contribution in [0, 0.1) is 5.92 Å². The van der Waals surface area contributed by atoms with Crippen molar-refractivity contribution < 1.29 is 0 Å². The number of hydrogen-bond acceptors (Lipinski definition) is 2. The summed E-state index contributed by atoms with van der Waals surface area (Å²) in [5.41, 5.74) is 8.84. The van der Waals surface area contributed by atoms with E-state index in [1.54, 1.807) is 6.20 Å². The average Bonchev–Trinajstić information content (AvgIpc) is 3.19. The third-order valence-electron chi connectivity index (χ3n) is 4.11. The number of nitrogens with two attached hydrogens (primary N) is 1. The van der Waals surface area contributed by atoms with Gasteiger partial charge in [-0.3, -0.25) is 4.68 Å². The first kappa shape index (κ1) is 13.7. The molecule has 1 fully saturated rings. The zero-order valence-electron chi connectivity index (χ0n) is 11.7. The number of halogens is 1. The van der Waals surface area contributed by atoms with E-state index in [4.69, 9.17) is 17.3 Å². The molecule has 3 nitrogen and oxygen atoms in total. The van der Waals surface area contributed by atoms with E-state index in [2.05, 4.69) is 36.3 Å². The van der Waals surface area contributed by atoms with E-state index in [0.29, 0.717) is 16.9 Å². The summed E-state index contributed by atoms with van der Waals surface area (Å²) in [6, 6.07) is 10.6. The molecule has 0 saturated heterocycles. The third kappa shape index (κ3) is 2.48. The van der Waals surface area contributed by atoms with E-state index in [0.717, 1.165) is 25.1 Å². The average molecular weight is 290 g/mol. The quantitative estimate of drug-likeness (QED) is 0.911. The summed E-state index contributed by atoms with van der Waals surface area (Å²) >= 11 is 6.28. The molecule has 0 aliphatic heterocycles. The summed E-state index contributed by atoms with van der Waals surface area (Å²) in [7, 11) is 0. The van der Waals surface area contributed by atoms with Gasteiger partial charge in [-0.1, -0.05) is 48.9 Å². The lowest BCUT2D eigenvalue weighted by atomic mass is 10.0. The molecule has 1 aromatic heterocycles. The Bertz CT molecular complexity index is 579. The summed E-state index contributed by atoms with van der Waals surface area (Å²) in [6.07, 6.45) is 3.88. The number of benzene rings is 1.